The smallest absolute Gasteiger partial charge is 0.338 e. The molecule has 0 aliphatic heterocycles. The van der Waals surface area contributed by atoms with Gasteiger partial charge in [-0.1, -0.05) is 32.0 Å². The van der Waals surface area contributed by atoms with Crippen LogP contribution in [-0.4, -0.2) is 22.9 Å². The number of carbonyl (C=O) groups is 2. The van der Waals surface area contributed by atoms with E-state index in [1.54, 1.807) is 23.5 Å². The Kier molecular flexibility index (Phi) is 6.15. The molecule has 3 rings (SSSR count). The Balaban J connectivity index is 1.65. The van der Waals surface area contributed by atoms with Crippen molar-refractivity contribution in [3.8, 4) is 0 Å². The molecule has 0 saturated heterocycles. The summed E-state index contributed by atoms with van der Waals surface area (Å²) in [5.74, 6) is -0.259. The Labute approximate surface area is 169 Å². The quantitative estimate of drug-likeness (QED) is 0.399. The first kappa shape index (κ1) is 20.1. The van der Waals surface area contributed by atoms with E-state index < -0.39 is 5.97 Å². The summed E-state index contributed by atoms with van der Waals surface area (Å²) in [7, 11) is 0. The van der Waals surface area contributed by atoms with Crippen molar-refractivity contribution in [3.63, 3.8) is 0 Å². The highest BCUT2D eigenvalue weighted by atomic mass is 32.1. The molecule has 0 saturated carbocycles. The summed E-state index contributed by atoms with van der Waals surface area (Å²) < 4.78 is 7.38. The number of ether oxygens (including phenoxy) is 1. The lowest BCUT2D eigenvalue weighted by molar-refractivity contribution is 0.0474. The fourth-order valence-electron chi connectivity index (χ4n) is 3.18. The summed E-state index contributed by atoms with van der Waals surface area (Å²) in [6.45, 7) is 8.60. The van der Waals surface area contributed by atoms with Gasteiger partial charge >= 0.3 is 5.97 Å². The summed E-state index contributed by atoms with van der Waals surface area (Å²) in [5.41, 5.74) is 4.14. The number of carbonyl (C=O) groups excluding carboxylic acids is 2. The SMILES string of the molecule is Cc1cc(C(=O)COC(=O)c2ccc(C(C)C)cc2)c(C)n1Cc1cccs1. The van der Waals surface area contributed by atoms with Crippen LogP contribution in [0.3, 0.4) is 0 Å². The second-order valence-corrected chi connectivity index (χ2v) is 8.26. The first-order chi connectivity index (χ1) is 13.4. The van der Waals surface area contributed by atoms with E-state index in [0.29, 0.717) is 17.0 Å². The maximum absolute atomic E-state index is 12.6. The zero-order chi connectivity index (χ0) is 20.3. The molecule has 0 aliphatic carbocycles. The van der Waals surface area contributed by atoms with Crippen molar-refractivity contribution in [2.75, 3.05) is 6.61 Å². The van der Waals surface area contributed by atoms with Crippen molar-refractivity contribution in [1.82, 2.24) is 4.57 Å². The highest BCUT2D eigenvalue weighted by Gasteiger charge is 2.18. The predicted molar refractivity (Wildman–Crippen MR) is 112 cm³/mol. The molecule has 0 radical (unpaired) electrons. The van der Waals surface area contributed by atoms with Gasteiger partial charge in [0.2, 0.25) is 5.78 Å². The molecular weight excluding hydrogens is 370 g/mol. The molecule has 146 valence electrons. The van der Waals surface area contributed by atoms with Crippen molar-refractivity contribution < 1.29 is 14.3 Å². The monoisotopic (exact) mass is 395 g/mol. The standard InChI is InChI=1S/C23H25NO3S/c1-15(2)18-7-9-19(10-8-18)23(26)27-14-22(25)21-12-16(3)24(17(21)4)13-20-6-5-11-28-20/h5-12,15H,13-14H2,1-4H3. The number of Topliss-reactive ketones (excluding diaryl/α,β-unsaturated/α-hetero) is 1. The van der Waals surface area contributed by atoms with Crippen molar-refractivity contribution >= 4 is 23.1 Å². The topological polar surface area (TPSA) is 48.3 Å². The lowest BCUT2D eigenvalue weighted by Gasteiger charge is -2.09. The van der Waals surface area contributed by atoms with Crippen LogP contribution in [-0.2, 0) is 11.3 Å². The van der Waals surface area contributed by atoms with Crippen LogP contribution in [0.25, 0.3) is 0 Å². The van der Waals surface area contributed by atoms with Crippen LogP contribution in [0.2, 0.25) is 0 Å². The van der Waals surface area contributed by atoms with Gasteiger partial charge in [0.1, 0.15) is 0 Å². The summed E-state index contributed by atoms with van der Waals surface area (Å²) in [4.78, 5) is 26.1. The molecule has 0 spiro atoms. The van der Waals surface area contributed by atoms with Crippen LogP contribution in [0.15, 0.2) is 47.8 Å². The van der Waals surface area contributed by atoms with Gasteiger partial charge < -0.3 is 9.30 Å². The number of benzene rings is 1. The third-order valence-corrected chi connectivity index (χ3v) is 5.78. The van der Waals surface area contributed by atoms with E-state index in [-0.39, 0.29) is 12.4 Å². The maximum atomic E-state index is 12.6. The Hall–Kier alpha value is -2.66. The van der Waals surface area contributed by atoms with Crippen LogP contribution in [0.1, 0.15) is 62.3 Å². The van der Waals surface area contributed by atoms with Gasteiger partial charge in [-0.25, -0.2) is 4.79 Å². The Morgan fingerprint density at radius 2 is 1.82 bits per heavy atom. The molecule has 0 unspecified atom stereocenters. The molecule has 1 aromatic carbocycles. The van der Waals surface area contributed by atoms with Crippen LogP contribution in [0.4, 0.5) is 0 Å². The Morgan fingerprint density at radius 1 is 1.11 bits per heavy atom. The van der Waals surface area contributed by atoms with Crippen molar-refractivity contribution in [2.24, 2.45) is 0 Å². The number of aryl methyl sites for hydroxylation is 1. The van der Waals surface area contributed by atoms with E-state index >= 15 is 0 Å². The number of nitrogens with zero attached hydrogens (tertiary/aromatic N) is 1. The van der Waals surface area contributed by atoms with Gasteiger partial charge in [0, 0.05) is 21.8 Å². The van der Waals surface area contributed by atoms with E-state index in [4.69, 9.17) is 4.74 Å². The van der Waals surface area contributed by atoms with Crippen LogP contribution in [0, 0.1) is 13.8 Å². The molecular formula is C23H25NO3S. The predicted octanol–water partition coefficient (Wildman–Crippen LogP) is 5.38. The van der Waals surface area contributed by atoms with Gasteiger partial charge in [0.15, 0.2) is 6.61 Å². The van der Waals surface area contributed by atoms with Gasteiger partial charge in [-0.3, -0.25) is 4.79 Å². The number of thiophene rings is 1. The third kappa shape index (κ3) is 4.42. The molecule has 0 amide bonds. The Bertz CT molecular complexity index is 966. The fraction of sp³-hybridized carbons (Fsp3) is 0.304. The van der Waals surface area contributed by atoms with E-state index in [9.17, 15) is 9.59 Å². The van der Waals surface area contributed by atoms with E-state index in [0.717, 1.165) is 23.5 Å². The number of ketones is 1. The van der Waals surface area contributed by atoms with Gasteiger partial charge in [-0.15, -0.1) is 11.3 Å². The van der Waals surface area contributed by atoms with E-state index in [1.165, 1.54) is 4.88 Å². The summed E-state index contributed by atoms with van der Waals surface area (Å²) >= 11 is 1.69. The molecule has 2 aromatic heterocycles. The number of hydrogen-bond donors (Lipinski definition) is 0. The second-order valence-electron chi connectivity index (χ2n) is 7.23. The summed E-state index contributed by atoms with van der Waals surface area (Å²) in [6.07, 6.45) is 0. The minimum absolute atomic E-state index is 0.183. The highest BCUT2D eigenvalue weighted by Crippen LogP contribution is 2.20. The number of hydrogen-bond acceptors (Lipinski definition) is 4. The van der Waals surface area contributed by atoms with Gasteiger partial charge in [-0.05, 0) is 55.0 Å². The lowest BCUT2D eigenvalue weighted by atomic mass is 10.0. The van der Waals surface area contributed by atoms with Crippen LogP contribution >= 0.6 is 11.3 Å². The van der Waals surface area contributed by atoms with Crippen molar-refractivity contribution in [1.29, 1.82) is 0 Å². The molecule has 0 bridgehead atoms. The lowest BCUT2D eigenvalue weighted by Crippen LogP contribution is -2.15. The van der Waals surface area contributed by atoms with Gasteiger partial charge in [0.05, 0.1) is 12.1 Å². The molecule has 4 nitrogen and oxygen atoms in total. The Morgan fingerprint density at radius 3 is 2.43 bits per heavy atom. The molecule has 2 heterocycles. The third-order valence-electron chi connectivity index (χ3n) is 4.92. The number of aromatic nitrogens is 1. The molecule has 0 aliphatic rings. The fourth-order valence-corrected chi connectivity index (χ4v) is 3.87. The van der Waals surface area contributed by atoms with Crippen molar-refractivity contribution in [2.45, 2.75) is 40.2 Å². The van der Waals surface area contributed by atoms with Crippen LogP contribution in [0.5, 0.6) is 0 Å². The maximum Gasteiger partial charge on any atom is 0.338 e. The minimum Gasteiger partial charge on any atom is -0.454 e. The zero-order valence-electron chi connectivity index (χ0n) is 16.7. The van der Waals surface area contributed by atoms with Crippen LogP contribution < -0.4 is 0 Å². The summed E-state index contributed by atoms with van der Waals surface area (Å²) in [5, 5.41) is 2.04. The molecule has 0 fully saturated rings. The summed E-state index contributed by atoms with van der Waals surface area (Å²) in [6, 6.07) is 13.3. The molecule has 0 N–H and O–H groups in total. The van der Waals surface area contributed by atoms with Crippen molar-refractivity contribution in [3.05, 3.63) is 80.8 Å². The van der Waals surface area contributed by atoms with E-state index in [1.807, 2.05) is 43.5 Å². The van der Waals surface area contributed by atoms with Gasteiger partial charge in [0.25, 0.3) is 0 Å². The number of rotatable bonds is 7. The first-order valence-corrected chi connectivity index (χ1v) is 10.2. The van der Waals surface area contributed by atoms with Gasteiger partial charge in [-0.2, -0.15) is 0 Å². The van der Waals surface area contributed by atoms with E-state index in [2.05, 4.69) is 24.5 Å². The first-order valence-electron chi connectivity index (χ1n) is 9.36. The minimum atomic E-state index is -0.476. The molecule has 5 heteroatoms. The zero-order valence-corrected chi connectivity index (χ0v) is 17.5. The average Bonchev–Trinajstić information content (AvgIpc) is 3.29. The highest BCUT2D eigenvalue weighted by molar-refractivity contribution is 7.09. The molecule has 28 heavy (non-hydrogen) atoms. The number of esters is 1. The molecule has 3 aromatic rings. The molecule has 0 atom stereocenters. The average molecular weight is 396 g/mol. The second kappa shape index (κ2) is 8.57. The normalized spacial score (nSPS) is 11.0. The largest absolute Gasteiger partial charge is 0.454 e.